The number of carbonyl (C=O) groups excluding carboxylic acids is 1. The van der Waals surface area contributed by atoms with Gasteiger partial charge in [-0.05, 0) is 18.6 Å². The summed E-state index contributed by atoms with van der Waals surface area (Å²) in [7, 11) is 1.59. The van der Waals surface area contributed by atoms with Crippen molar-refractivity contribution >= 4 is 11.9 Å². The van der Waals surface area contributed by atoms with Crippen LogP contribution in [0, 0.1) is 5.82 Å². The van der Waals surface area contributed by atoms with Crippen LogP contribution in [0.2, 0.25) is 0 Å². The maximum atomic E-state index is 13.4. The molecular formula is C16H23FN2O4. The minimum Gasteiger partial charge on any atom is -0.489 e. The van der Waals surface area contributed by atoms with Crippen molar-refractivity contribution in [1.29, 1.82) is 0 Å². The van der Waals surface area contributed by atoms with E-state index in [-0.39, 0.29) is 31.4 Å². The molecule has 0 saturated carbocycles. The largest absolute Gasteiger partial charge is 0.489 e. The fourth-order valence-corrected chi connectivity index (χ4v) is 1.93. The lowest BCUT2D eigenvalue weighted by Gasteiger charge is -2.19. The number of para-hydroxylation sites is 1. The second-order valence-electron chi connectivity index (χ2n) is 5.15. The van der Waals surface area contributed by atoms with E-state index in [1.54, 1.807) is 19.2 Å². The molecule has 7 heteroatoms. The van der Waals surface area contributed by atoms with Crippen LogP contribution in [-0.4, -0.2) is 54.7 Å². The Balaban J connectivity index is 2.33. The lowest BCUT2D eigenvalue weighted by molar-refractivity contribution is -0.140. The first-order chi connectivity index (χ1) is 11.0. The molecule has 2 N–H and O–H groups in total. The summed E-state index contributed by atoms with van der Waals surface area (Å²) in [5, 5.41) is 11.7. The van der Waals surface area contributed by atoms with Crippen LogP contribution in [-0.2, 0) is 9.59 Å². The minimum absolute atomic E-state index is 0.0623. The molecule has 0 aromatic heterocycles. The standard InChI is InChI=1S/C16H23FN2O4/c1-3-6-13(16(21)22)18-11-15(20)19(2)9-10-23-14-8-5-4-7-12(14)17/h4-5,7-8,13,18H,3,6,9-11H2,1-2H3,(H,21,22). The maximum absolute atomic E-state index is 13.4. The number of likely N-dealkylation sites (N-methyl/N-ethyl adjacent to an activating group) is 1. The molecular weight excluding hydrogens is 303 g/mol. The number of ether oxygens (including phenoxy) is 1. The summed E-state index contributed by atoms with van der Waals surface area (Å²) < 4.78 is 18.6. The van der Waals surface area contributed by atoms with Crippen LogP contribution in [0.4, 0.5) is 4.39 Å². The Kier molecular flexibility index (Phi) is 8.04. The van der Waals surface area contributed by atoms with Crippen molar-refractivity contribution in [3.8, 4) is 5.75 Å². The van der Waals surface area contributed by atoms with E-state index in [4.69, 9.17) is 9.84 Å². The number of hydrogen-bond acceptors (Lipinski definition) is 4. The fourth-order valence-electron chi connectivity index (χ4n) is 1.93. The summed E-state index contributed by atoms with van der Waals surface area (Å²) in [5.74, 6) is -1.53. The van der Waals surface area contributed by atoms with E-state index in [0.717, 1.165) is 0 Å². The van der Waals surface area contributed by atoms with Crippen molar-refractivity contribution in [3.05, 3.63) is 30.1 Å². The number of carbonyl (C=O) groups is 2. The van der Waals surface area contributed by atoms with Crippen LogP contribution in [0.25, 0.3) is 0 Å². The molecule has 0 fully saturated rings. The van der Waals surface area contributed by atoms with Gasteiger partial charge in [0.15, 0.2) is 11.6 Å². The molecule has 0 saturated heterocycles. The number of amides is 1. The molecule has 1 amide bonds. The molecule has 128 valence electrons. The highest BCUT2D eigenvalue weighted by Crippen LogP contribution is 2.14. The van der Waals surface area contributed by atoms with Crippen molar-refractivity contribution in [2.45, 2.75) is 25.8 Å². The van der Waals surface area contributed by atoms with Gasteiger partial charge in [-0.25, -0.2) is 4.39 Å². The summed E-state index contributed by atoms with van der Waals surface area (Å²) in [6, 6.07) is 5.32. The van der Waals surface area contributed by atoms with Crippen molar-refractivity contribution < 1.29 is 23.8 Å². The summed E-state index contributed by atoms with van der Waals surface area (Å²) in [6.45, 7) is 2.25. The van der Waals surface area contributed by atoms with Crippen molar-refractivity contribution in [2.24, 2.45) is 0 Å². The number of nitrogens with one attached hydrogen (secondary N) is 1. The van der Waals surface area contributed by atoms with Crippen LogP contribution < -0.4 is 10.1 Å². The number of benzene rings is 1. The molecule has 1 unspecified atom stereocenters. The third-order valence-electron chi connectivity index (χ3n) is 3.32. The zero-order valence-electron chi connectivity index (χ0n) is 13.4. The molecule has 0 radical (unpaired) electrons. The SMILES string of the molecule is CCCC(NCC(=O)N(C)CCOc1ccccc1F)C(=O)O. The molecule has 0 aliphatic heterocycles. The van der Waals surface area contributed by atoms with E-state index in [0.29, 0.717) is 12.8 Å². The second kappa shape index (κ2) is 9.78. The molecule has 1 aromatic rings. The Labute approximate surface area is 135 Å². The first kappa shape index (κ1) is 18.9. The molecule has 1 atom stereocenters. The first-order valence-corrected chi connectivity index (χ1v) is 7.53. The fraction of sp³-hybridized carbons (Fsp3) is 0.500. The van der Waals surface area contributed by atoms with Gasteiger partial charge in [0, 0.05) is 7.05 Å². The maximum Gasteiger partial charge on any atom is 0.320 e. The topological polar surface area (TPSA) is 78.9 Å². The predicted molar refractivity (Wildman–Crippen MR) is 83.9 cm³/mol. The van der Waals surface area contributed by atoms with Crippen molar-refractivity contribution in [3.63, 3.8) is 0 Å². The molecule has 0 aliphatic rings. The smallest absolute Gasteiger partial charge is 0.320 e. The van der Waals surface area contributed by atoms with Gasteiger partial charge in [0.2, 0.25) is 5.91 Å². The van der Waals surface area contributed by atoms with Gasteiger partial charge in [-0.2, -0.15) is 0 Å². The van der Waals surface area contributed by atoms with Gasteiger partial charge in [-0.15, -0.1) is 0 Å². The van der Waals surface area contributed by atoms with Crippen molar-refractivity contribution in [1.82, 2.24) is 10.2 Å². The number of aliphatic carboxylic acids is 1. The minimum atomic E-state index is -0.967. The zero-order valence-corrected chi connectivity index (χ0v) is 13.4. The Hall–Kier alpha value is -2.15. The quantitative estimate of drug-likeness (QED) is 0.681. The van der Waals surface area contributed by atoms with Crippen LogP contribution >= 0.6 is 0 Å². The number of halogens is 1. The Morgan fingerprint density at radius 1 is 1.39 bits per heavy atom. The van der Waals surface area contributed by atoms with Crippen molar-refractivity contribution in [2.75, 3.05) is 26.7 Å². The van der Waals surface area contributed by atoms with Crippen LogP contribution in [0.1, 0.15) is 19.8 Å². The average molecular weight is 326 g/mol. The molecule has 0 aliphatic carbocycles. The van der Waals surface area contributed by atoms with Crippen LogP contribution in [0.3, 0.4) is 0 Å². The molecule has 0 heterocycles. The lowest BCUT2D eigenvalue weighted by atomic mass is 10.2. The average Bonchev–Trinajstić information content (AvgIpc) is 2.52. The van der Waals surface area contributed by atoms with E-state index in [1.165, 1.54) is 17.0 Å². The van der Waals surface area contributed by atoms with Crippen LogP contribution in [0.15, 0.2) is 24.3 Å². The van der Waals surface area contributed by atoms with Gasteiger partial charge in [0.05, 0.1) is 13.1 Å². The normalized spacial score (nSPS) is 11.8. The van der Waals surface area contributed by atoms with E-state index in [2.05, 4.69) is 5.32 Å². The Morgan fingerprint density at radius 2 is 2.09 bits per heavy atom. The Bertz CT molecular complexity index is 525. The molecule has 6 nitrogen and oxygen atoms in total. The second-order valence-corrected chi connectivity index (χ2v) is 5.15. The number of rotatable bonds is 10. The Morgan fingerprint density at radius 3 is 2.70 bits per heavy atom. The highest BCUT2D eigenvalue weighted by molar-refractivity contribution is 5.79. The van der Waals surface area contributed by atoms with E-state index in [9.17, 15) is 14.0 Å². The van der Waals surface area contributed by atoms with Gasteiger partial charge >= 0.3 is 5.97 Å². The zero-order chi connectivity index (χ0) is 17.2. The third-order valence-corrected chi connectivity index (χ3v) is 3.32. The summed E-state index contributed by atoms with van der Waals surface area (Å²) >= 11 is 0. The monoisotopic (exact) mass is 326 g/mol. The predicted octanol–water partition coefficient (Wildman–Crippen LogP) is 1.51. The molecule has 23 heavy (non-hydrogen) atoms. The van der Waals surface area contributed by atoms with Gasteiger partial charge in [-0.3, -0.25) is 14.9 Å². The number of nitrogens with zero attached hydrogens (tertiary/aromatic N) is 1. The molecule has 0 bridgehead atoms. The number of carboxylic acid groups (broad SMARTS) is 1. The van der Waals surface area contributed by atoms with Gasteiger partial charge < -0.3 is 14.7 Å². The molecule has 0 spiro atoms. The highest BCUT2D eigenvalue weighted by Gasteiger charge is 2.18. The van der Waals surface area contributed by atoms with E-state index < -0.39 is 17.8 Å². The molecule has 1 rings (SSSR count). The van der Waals surface area contributed by atoms with E-state index in [1.807, 2.05) is 6.92 Å². The number of carboxylic acids is 1. The molecule has 1 aromatic carbocycles. The lowest BCUT2D eigenvalue weighted by Crippen LogP contribution is -2.44. The summed E-state index contributed by atoms with van der Waals surface area (Å²) in [5.41, 5.74) is 0. The summed E-state index contributed by atoms with van der Waals surface area (Å²) in [6.07, 6.45) is 1.17. The number of hydrogen-bond donors (Lipinski definition) is 2. The van der Waals surface area contributed by atoms with E-state index >= 15 is 0 Å². The first-order valence-electron chi connectivity index (χ1n) is 7.53. The van der Waals surface area contributed by atoms with Crippen LogP contribution in [0.5, 0.6) is 5.75 Å². The highest BCUT2D eigenvalue weighted by atomic mass is 19.1. The van der Waals surface area contributed by atoms with Gasteiger partial charge in [0.1, 0.15) is 12.6 Å². The van der Waals surface area contributed by atoms with Gasteiger partial charge in [0.25, 0.3) is 0 Å². The third kappa shape index (κ3) is 6.65. The van der Waals surface area contributed by atoms with Gasteiger partial charge in [-0.1, -0.05) is 25.5 Å². The summed E-state index contributed by atoms with van der Waals surface area (Å²) in [4.78, 5) is 24.3.